The maximum atomic E-state index is 12.0. The number of hydrogen-bond acceptors (Lipinski definition) is 5. The Morgan fingerprint density at radius 2 is 2.14 bits per heavy atom. The average Bonchev–Trinajstić information content (AvgIpc) is 3.17. The second-order valence-electron chi connectivity index (χ2n) is 4.69. The fourth-order valence-corrected chi connectivity index (χ4v) is 2.09. The van der Waals surface area contributed by atoms with E-state index >= 15 is 0 Å². The first-order valence-corrected chi connectivity index (χ1v) is 6.62. The number of amides is 1. The van der Waals surface area contributed by atoms with Crippen molar-refractivity contribution >= 4 is 5.91 Å². The molecule has 1 aliphatic heterocycles. The summed E-state index contributed by atoms with van der Waals surface area (Å²) < 4.78 is 15.3. The van der Waals surface area contributed by atoms with E-state index in [1.165, 1.54) is 12.5 Å². The van der Waals surface area contributed by atoms with Crippen molar-refractivity contribution in [3.63, 3.8) is 0 Å². The topological polar surface area (TPSA) is 80.9 Å². The molecular weight excluding hydrogens is 274 g/mol. The van der Waals surface area contributed by atoms with Crippen molar-refractivity contribution in [2.24, 2.45) is 0 Å². The summed E-state index contributed by atoms with van der Waals surface area (Å²) in [7, 11) is 0. The lowest BCUT2D eigenvalue weighted by molar-refractivity contribution is 0.0942. The number of furan rings is 1. The van der Waals surface area contributed by atoms with E-state index in [4.69, 9.17) is 13.9 Å². The lowest BCUT2D eigenvalue weighted by atomic mass is 10.1. The van der Waals surface area contributed by atoms with E-state index in [9.17, 15) is 9.90 Å². The maximum absolute atomic E-state index is 12.0. The van der Waals surface area contributed by atoms with E-state index < -0.39 is 6.10 Å². The predicted octanol–water partition coefficient (Wildman–Crippen LogP) is 1.86. The van der Waals surface area contributed by atoms with Crippen molar-refractivity contribution < 1.29 is 23.8 Å². The number of aliphatic hydroxyl groups is 1. The molecule has 6 nitrogen and oxygen atoms in total. The number of ether oxygens (including phenoxy) is 2. The molecule has 2 heterocycles. The van der Waals surface area contributed by atoms with Crippen LogP contribution in [0.3, 0.4) is 0 Å². The first kappa shape index (κ1) is 13.5. The molecule has 0 radical (unpaired) electrons. The van der Waals surface area contributed by atoms with Gasteiger partial charge in [0.05, 0.1) is 18.6 Å². The van der Waals surface area contributed by atoms with Crippen molar-refractivity contribution in [1.82, 2.24) is 5.32 Å². The van der Waals surface area contributed by atoms with Gasteiger partial charge in [-0.1, -0.05) is 0 Å². The number of nitrogens with one attached hydrogen (secondary N) is 1. The Kier molecular flexibility index (Phi) is 3.79. The number of hydrogen-bond donors (Lipinski definition) is 2. The zero-order valence-corrected chi connectivity index (χ0v) is 11.2. The van der Waals surface area contributed by atoms with E-state index in [0.717, 1.165) is 0 Å². The molecule has 0 unspecified atom stereocenters. The summed E-state index contributed by atoms with van der Waals surface area (Å²) in [6, 6.07) is 6.72. The number of aliphatic hydroxyl groups excluding tert-OH is 1. The summed E-state index contributed by atoms with van der Waals surface area (Å²) in [5.41, 5.74) is 1.20. The fraction of sp³-hybridized carbons (Fsp3) is 0.267. The van der Waals surface area contributed by atoms with Gasteiger partial charge in [0.15, 0.2) is 11.5 Å². The van der Waals surface area contributed by atoms with Crippen LogP contribution in [0.25, 0.3) is 0 Å². The van der Waals surface area contributed by atoms with Crippen LogP contribution >= 0.6 is 0 Å². The second-order valence-corrected chi connectivity index (χ2v) is 4.69. The van der Waals surface area contributed by atoms with Gasteiger partial charge < -0.3 is 24.3 Å². The molecule has 110 valence electrons. The van der Waals surface area contributed by atoms with Crippen LogP contribution < -0.4 is 14.8 Å². The van der Waals surface area contributed by atoms with Crippen LogP contribution in [0.2, 0.25) is 0 Å². The summed E-state index contributed by atoms with van der Waals surface area (Å²) in [6.07, 6.45) is 2.75. The highest BCUT2D eigenvalue weighted by molar-refractivity contribution is 5.94. The van der Waals surface area contributed by atoms with Crippen LogP contribution in [-0.2, 0) is 0 Å². The number of benzene rings is 1. The maximum Gasteiger partial charge on any atom is 0.251 e. The quantitative estimate of drug-likeness (QED) is 0.878. The lowest BCUT2D eigenvalue weighted by Gasteiger charge is -2.09. The Labute approximate surface area is 121 Å². The predicted molar refractivity (Wildman–Crippen MR) is 73.2 cm³/mol. The SMILES string of the molecule is O=C(NCC[C@H](O)c1ccoc1)c1ccc2c(c1)OCO2. The summed E-state index contributed by atoms with van der Waals surface area (Å²) in [5.74, 6) is 0.996. The van der Waals surface area contributed by atoms with E-state index in [1.807, 2.05) is 0 Å². The van der Waals surface area contributed by atoms with E-state index in [-0.39, 0.29) is 12.7 Å². The van der Waals surface area contributed by atoms with Gasteiger partial charge >= 0.3 is 0 Å². The summed E-state index contributed by atoms with van der Waals surface area (Å²) in [5, 5.41) is 12.6. The van der Waals surface area contributed by atoms with Crippen LogP contribution in [-0.4, -0.2) is 24.4 Å². The number of fused-ring (bicyclic) bond motifs is 1. The minimum atomic E-state index is -0.652. The van der Waals surface area contributed by atoms with Gasteiger partial charge in [-0.15, -0.1) is 0 Å². The molecule has 3 rings (SSSR count). The Hall–Kier alpha value is -2.47. The molecule has 1 aromatic carbocycles. The average molecular weight is 289 g/mol. The number of rotatable bonds is 5. The smallest absolute Gasteiger partial charge is 0.251 e. The molecule has 1 amide bonds. The minimum absolute atomic E-state index is 0.178. The van der Waals surface area contributed by atoms with Crippen LogP contribution in [0.15, 0.2) is 41.2 Å². The highest BCUT2D eigenvalue weighted by Crippen LogP contribution is 2.32. The molecule has 2 N–H and O–H groups in total. The molecular formula is C15H15NO5. The van der Waals surface area contributed by atoms with Crippen LogP contribution in [0.5, 0.6) is 11.5 Å². The fourth-order valence-electron chi connectivity index (χ4n) is 2.09. The summed E-state index contributed by atoms with van der Waals surface area (Å²) in [6.45, 7) is 0.539. The molecule has 1 aliphatic rings. The zero-order chi connectivity index (χ0) is 14.7. The lowest BCUT2D eigenvalue weighted by Crippen LogP contribution is -2.25. The molecule has 1 aromatic heterocycles. The van der Waals surface area contributed by atoms with Gasteiger partial charge in [-0.05, 0) is 30.7 Å². The first-order chi connectivity index (χ1) is 10.2. The molecule has 2 aromatic rings. The first-order valence-electron chi connectivity index (χ1n) is 6.62. The molecule has 0 saturated heterocycles. The summed E-state index contributed by atoms with van der Waals surface area (Å²) in [4.78, 5) is 12.0. The normalized spacial score (nSPS) is 14.0. The highest BCUT2D eigenvalue weighted by Gasteiger charge is 2.16. The van der Waals surface area contributed by atoms with E-state index in [2.05, 4.69) is 5.32 Å². The molecule has 0 bridgehead atoms. The third kappa shape index (κ3) is 3.00. The van der Waals surface area contributed by atoms with Gasteiger partial charge in [0.1, 0.15) is 0 Å². The van der Waals surface area contributed by atoms with E-state index in [1.54, 1.807) is 24.3 Å². The van der Waals surface area contributed by atoms with Gasteiger partial charge in [-0.2, -0.15) is 0 Å². The Bertz CT molecular complexity index is 623. The molecule has 0 spiro atoms. The number of carbonyl (C=O) groups is 1. The van der Waals surface area contributed by atoms with Gasteiger partial charge in [0, 0.05) is 17.7 Å². The molecule has 21 heavy (non-hydrogen) atoms. The van der Waals surface area contributed by atoms with Gasteiger partial charge in [-0.25, -0.2) is 0 Å². The van der Waals surface area contributed by atoms with Gasteiger partial charge in [-0.3, -0.25) is 4.79 Å². The molecule has 0 saturated carbocycles. The molecule has 1 atom stereocenters. The standard InChI is InChI=1S/C15H15NO5/c17-12(11-4-6-19-8-11)3-5-16-15(18)10-1-2-13-14(7-10)21-9-20-13/h1-2,4,6-8,12,17H,3,5,9H2,(H,16,18)/t12-/m0/s1. The number of carbonyl (C=O) groups excluding carboxylic acids is 1. The minimum Gasteiger partial charge on any atom is -0.472 e. The Balaban J connectivity index is 1.52. The Morgan fingerprint density at radius 3 is 2.95 bits per heavy atom. The van der Waals surface area contributed by atoms with Crippen molar-refractivity contribution in [3.8, 4) is 11.5 Å². The highest BCUT2D eigenvalue weighted by atomic mass is 16.7. The Morgan fingerprint density at radius 1 is 1.29 bits per heavy atom. The van der Waals surface area contributed by atoms with Crippen molar-refractivity contribution in [1.29, 1.82) is 0 Å². The van der Waals surface area contributed by atoms with Crippen molar-refractivity contribution in [3.05, 3.63) is 47.9 Å². The molecule has 6 heteroatoms. The van der Waals surface area contributed by atoms with Crippen LogP contribution in [0.1, 0.15) is 28.4 Å². The molecule has 0 fully saturated rings. The monoisotopic (exact) mass is 289 g/mol. The largest absolute Gasteiger partial charge is 0.472 e. The third-order valence-electron chi connectivity index (χ3n) is 3.27. The zero-order valence-electron chi connectivity index (χ0n) is 11.2. The van der Waals surface area contributed by atoms with Crippen LogP contribution in [0.4, 0.5) is 0 Å². The summed E-state index contributed by atoms with van der Waals surface area (Å²) >= 11 is 0. The van der Waals surface area contributed by atoms with Gasteiger partial charge in [0.25, 0.3) is 5.91 Å². The van der Waals surface area contributed by atoms with Crippen molar-refractivity contribution in [2.45, 2.75) is 12.5 Å². The van der Waals surface area contributed by atoms with Crippen LogP contribution in [0, 0.1) is 0 Å². The van der Waals surface area contributed by atoms with Crippen molar-refractivity contribution in [2.75, 3.05) is 13.3 Å². The van der Waals surface area contributed by atoms with E-state index in [0.29, 0.717) is 35.6 Å². The van der Waals surface area contributed by atoms with Gasteiger partial charge in [0.2, 0.25) is 6.79 Å². The third-order valence-corrected chi connectivity index (χ3v) is 3.27. The molecule has 0 aliphatic carbocycles. The second kappa shape index (κ2) is 5.88.